The Balaban J connectivity index is 2.31. The van der Waals surface area contributed by atoms with Gasteiger partial charge in [-0.3, -0.25) is 9.78 Å². The molecule has 1 aromatic heterocycles. The fourth-order valence-electron chi connectivity index (χ4n) is 1.47. The number of aromatic nitrogens is 3. The number of nitrogens with one attached hydrogen (secondary N) is 2. The molecule has 19 heavy (non-hydrogen) atoms. The minimum Gasteiger partial charge on any atom is -0.497 e. The van der Waals surface area contributed by atoms with Gasteiger partial charge in [-0.2, -0.15) is 0 Å². The summed E-state index contributed by atoms with van der Waals surface area (Å²) in [5.41, 5.74) is 0.700. The van der Waals surface area contributed by atoms with Gasteiger partial charge in [0.05, 0.1) is 14.2 Å². The van der Waals surface area contributed by atoms with E-state index in [4.69, 9.17) is 9.47 Å². The third kappa shape index (κ3) is 3.01. The van der Waals surface area contributed by atoms with Crippen LogP contribution >= 0.6 is 0 Å². The maximum Gasteiger partial charge on any atom is 0.273 e. The van der Waals surface area contributed by atoms with Crippen molar-refractivity contribution in [1.82, 2.24) is 15.2 Å². The molecule has 1 heterocycles. The van der Waals surface area contributed by atoms with Gasteiger partial charge in [0.15, 0.2) is 0 Å². The molecule has 2 N–H and O–H groups in total. The third-order valence-electron chi connectivity index (χ3n) is 2.47. The second-order valence-corrected chi connectivity index (χ2v) is 3.81. The van der Waals surface area contributed by atoms with Crippen molar-refractivity contribution in [1.29, 1.82) is 0 Å². The van der Waals surface area contributed by atoms with Gasteiger partial charge in [0, 0.05) is 23.9 Å². The molecule has 0 bridgehead atoms. The highest BCUT2D eigenvalue weighted by Gasteiger charge is 2.04. The summed E-state index contributed by atoms with van der Waals surface area (Å²) in [7, 11) is 3.12. The number of H-pyrrole nitrogens is 1. The molecule has 2 aromatic rings. The largest absolute Gasteiger partial charge is 0.497 e. The molecule has 7 heteroatoms. The molecule has 0 aliphatic heterocycles. The van der Waals surface area contributed by atoms with Crippen molar-refractivity contribution >= 4 is 11.6 Å². The van der Waals surface area contributed by atoms with E-state index in [0.29, 0.717) is 22.9 Å². The van der Waals surface area contributed by atoms with Crippen molar-refractivity contribution in [2.75, 3.05) is 19.5 Å². The van der Waals surface area contributed by atoms with E-state index in [1.165, 1.54) is 0 Å². The lowest BCUT2D eigenvalue weighted by Crippen LogP contribution is -2.15. The Kier molecular flexibility index (Phi) is 3.65. The van der Waals surface area contributed by atoms with Gasteiger partial charge in [0.2, 0.25) is 5.95 Å². The van der Waals surface area contributed by atoms with Crippen LogP contribution in [0.1, 0.15) is 5.69 Å². The first-order chi connectivity index (χ1) is 9.12. The summed E-state index contributed by atoms with van der Waals surface area (Å²) in [6.45, 7) is 1.59. The van der Waals surface area contributed by atoms with E-state index in [-0.39, 0.29) is 11.5 Å². The predicted octanol–water partition coefficient (Wildman–Crippen LogP) is 1.23. The molecule has 0 radical (unpaired) electrons. The number of anilines is 2. The quantitative estimate of drug-likeness (QED) is 0.861. The molecule has 100 valence electrons. The highest BCUT2D eigenvalue weighted by Crippen LogP contribution is 2.26. The molecule has 0 saturated carbocycles. The average molecular weight is 262 g/mol. The fourth-order valence-corrected chi connectivity index (χ4v) is 1.47. The van der Waals surface area contributed by atoms with Gasteiger partial charge >= 0.3 is 0 Å². The Morgan fingerprint density at radius 1 is 1.11 bits per heavy atom. The summed E-state index contributed by atoms with van der Waals surface area (Å²) < 4.78 is 10.3. The molecule has 0 amide bonds. The Bertz CT molecular complexity index is 617. The first kappa shape index (κ1) is 12.9. The number of hydrogen-bond acceptors (Lipinski definition) is 6. The molecule has 0 atom stereocenters. The topological polar surface area (TPSA) is 89.1 Å². The molecule has 7 nitrogen and oxygen atoms in total. The van der Waals surface area contributed by atoms with E-state index in [0.717, 1.165) is 0 Å². The normalized spacial score (nSPS) is 10.1. The Morgan fingerprint density at radius 3 is 2.26 bits per heavy atom. The van der Waals surface area contributed by atoms with E-state index in [1.54, 1.807) is 39.3 Å². The van der Waals surface area contributed by atoms with Crippen LogP contribution in [-0.2, 0) is 0 Å². The summed E-state index contributed by atoms with van der Waals surface area (Å²) in [4.78, 5) is 14.0. The van der Waals surface area contributed by atoms with Gasteiger partial charge in [0.25, 0.3) is 5.56 Å². The first-order valence-corrected chi connectivity index (χ1v) is 5.56. The van der Waals surface area contributed by atoms with Crippen molar-refractivity contribution in [3.05, 3.63) is 34.2 Å². The lowest BCUT2D eigenvalue weighted by molar-refractivity contribution is 0.395. The van der Waals surface area contributed by atoms with Crippen molar-refractivity contribution in [2.24, 2.45) is 0 Å². The van der Waals surface area contributed by atoms with Gasteiger partial charge in [0.1, 0.15) is 17.2 Å². The molecule has 0 unspecified atom stereocenters. The monoisotopic (exact) mass is 262 g/mol. The highest BCUT2D eigenvalue weighted by atomic mass is 16.5. The number of aromatic amines is 1. The van der Waals surface area contributed by atoms with Crippen LogP contribution in [0.5, 0.6) is 11.5 Å². The maximum absolute atomic E-state index is 11.4. The van der Waals surface area contributed by atoms with Gasteiger partial charge in [-0.1, -0.05) is 0 Å². The number of benzene rings is 1. The summed E-state index contributed by atoms with van der Waals surface area (Å²) >= 11 is 0. The number of methoxy groups -OCH3 is 2. The lowest BCUT2D eigenvalue weighted by Gasteiger charge is -2.09. The number of nitrogens with zero attached hydrogens (tertiary/aromatic N) is 2. The zero-order valence-corrected chi connectivity index (χ0v) is 10.9. The Hall–Kier alpha value is -2.57. The van der Waals surface area contributed by atoms with E-state index in [1.807, 2.05) is 0 Å². The molecule has 0 fully saturated rings. The van der Waals surface area contributed by atoms with Gasteiger partial charge < -0.3 is 14.8 Å². The molecule has 0 aliphatic carbocycles. The zero-order valence-electron chi connectivity index (χ0n) is 10.9. The second-order valence-electron chi connectivity index (χ2n) is 3.81. The molecule has 2 rings (SSSR count). The molecular formula is C12H14N4O3. The number of ether oxygens (including phenoxy) is 2. The lowest BCUT2D eigenvalue weighted by atomic mass is 10.3. The van der Waals surface area contributed by atoms with Crippen LogP contribution < -0.4 is 20.3 Å². The molecule has 0 saturated heterocycles. The minimum atomic E-state index is -0.285. The molecule has 0 spiro atoms. The predicted molar refractivity (Wildman–Crippen MR) is 70.2 cm³/mol. The standard InChI is InChI=1S/C12H14N4O3/c1-7-11(17)14-12(16-15-7)13-8-4-9(18-2)6-10(5-8)19-3/h4-6H,1-3H3,(H2,13,14,16,17). The molecule has 0 aliphatic rings. The van der Waals surface area contributed by atoms with E-state index < -0.39 is 0 Å². The SMILES string of the molecule is COc1cc(Nc2nnc(C)c(=O)[nH]2)cc(OC)c1. The van der Waals surface area contributed by atoms with Crippen molar-refractivity contribution in [2.45, 2.75) is 6.92 Å². The number of aryl methyl sites for hydroxylation is 1. The minimum absolute atomic E-state index is 0.255. The van der Waals surface area contributed by atoms with E-state index >= 15 is 0 Å². The fraction of sp³-hybridized carbons (Fsp3) is 0.250. The van der Waals surface area contributed by atoms with Crippen LogP contribution in [0, 0.1) is 6.92 Å². The van der Waals surface area contributed by atoms with Crippen LogP contribution in [0.15, 0.2) is 23.0 Å². The van der Waals surface area contributed by atoms with Crippen LogP contribution in [0.4, 0.5) is 11.6 Å². The van der Waals surface area contributed by atoms with Crippen LogP contribution in [0.3, 0.4) is 0 Å². The van der Waals surface area contributed by atoms with Gasteiger partial charge in [-0.15, -0.1) is 10.2 Å². The molecular weight excluding hydrogens is 248 g/mol. The summed E-state index contributed by atoms with van der Waals surface area (Å²) in [6.07, 6.45) is 0. The van der Waals surface area contributed by atoms with Gasteiger partial charge in [-0.25, -0.2) is 0 Å². The average Bonchev–Trinajstić information content (AvgIpc) is 2.42. The van der Waals surface area contributed by atoms with Crippen molar-refractivity contribution in [3.63, 3.8) is 0 Å². The first-order valence-electron chi connectivity index (χ1n) is 5.56. The summed E-state index contributed by atoms with van der Waals surface area (Å²) in [6, 6.07) is 5.25. The van der Waals surface area contributed by atoms with Crippen LogP contribution in [0.25, 0.3) is 0 Å². The highest BCUT2D eigenvalue weighted by molar-refractivity contribution is 5.59. The second kappa shape index (κ2) is 5.38. The van der Waals surface area contributed by atoms with Gasteiger partial charge in [-0.05, 0) is 6.92 Å². The Labute approximate surface area is 109 Å². The van der Waals surface area contributed by atoms with E-state index in [9.17, 15) is 4.79 Å². The summed E-state index contributed by atoms with van der Waals surface area (Å²) in [5, 5.41) is 10.5. The maximum atomic E-state index is 11.4. The van der Waals surface area contributed by atoms with Crippen LogP contribution in [0.2, 0.25) is 0 Å². The van der Waals surface area contributed by atoms with Crippen LogP contribution in [-0.4, -0.2) is 29.4 Å². The number of rotatable bonds is 4. The van der Waals surface area contributed by atoms with E-state index in [2.05, 4.69) is 20.5 Å². The van der Waals surface area contributed by atoms with Crippen molar-refractivity contribution < 1.29 is 9.47 Å². The zero-order chi connectivity index (χ0) is 13.8. The summed E-state index contributed by atoms with van der Waals surface area (Å²) in [5.74, 6) is 1.51. The Morgan fingerprint density at radius 2 is 1.74 bits per heavy atom. The third-order valence-corrected chi connectivity index (χ3v) is 2.47. The smallest absolute Gasteiger partial charge is 0.273 e. The molecule has 1 aromatic carbocycles. The number of hydrogen-bond donors (Lipinski definition) is 2. The van der Waals surface area contributed by atoms with Crippen molar-refractivity contribution in [3.8, 4) is 11.5 Å².